The number of amides is 1. The Balaban J connectivity index is 1.65. The van der Waals surface area contributed by atoms with E-state index in [1.54, 1.807) is 12.3 Å². The summed E-state index contributed by atoms with van der Waals surface area (Å²) in [7, 11) is 0. The zero-order valence-electron chi connectivity index (χ0n) is 18.1. The van der Waals surface area contributed by atoms with E-state index in [0.717, 1.165) is 23.1 Å². The summed E-state index contributed by atoms with van der Waals surface area (Å²) in [5, 5.41) is 3.93. The summed E-state index contributed by atoms with van der Waals surface area (Å²) < 4.78 is 38.9. The molecule has 0 saturated heterocycles. The normalized spacial score (nSPS) is 13.5. The van der Waals surface area contributed by atoms with E-state index in [1.807, 2.05) is 61.5 Å². The third-order valence-electron chi connectivity index (χ3n) is 5.74. The van der Waals surface area contributed by atoms with Gasteiger partial charge in [0, 0.05) is 11.6 Å². The molecule has 1 atom stereocenters. The largest absolute Gasteiger partial charge is 0.416 e. The maximum Gasteiger partial charge on any atom is 0.416 e. The number of fused-ring (bicyclic) bond motifs is 1. The van der Waals surface area contributed by atoms with Crippen LogP contribution in [-0.4, -0.2) is 10.9 Å². The standard InChI is InChI=1S/C27H23F3N2O/c1-26(17-19-7-3-2-4-8-19,18-20-12-14-22(15-13-20)27(28,29)30)25(33)32-23-11-5-9-21-10-6-16-31-24(21)23/h2-16H,17-18H2,1H3,(H,32,33). The molecule has 0 spiro atoms. The molecule has 0 aliphatic carbocycles. The fraction of sp³-hybridized carbons (Fsp3) is 0.185. The Hall–Kier alpha value is -3.67. The van der Waals surface area contributed by atoms with Crippen LogP contribution in [0.2, 0.25) is 0 Å². The fourth-order valence-electron chi connectivity index (χ4n) is 4.01. The van der Waals surface area contributed by atoms with Crippen LogP contribution in [0.4, 0.5) is 18.9 Å². The lowest BCUT2D eigenvalue weighted by atomic mass is 9.77. The van der Waals surface area contributed by atoms with Gasteiger partial charge in [0.05, 0.1) is 22.2 Å². The van der Waals surface area contributed by atoms with Crippen LogP contribution < -0.4 is 5.32 Å². The van der Waals surface area contributed by atoms with Crippen LogP contribution in [-0.2, 0) is 23.8 Å². The predicted molar refractivity (Wildman–Crippen MR) is 124 cm³/mol. The minimum absolute atomic E-state index is 0.218. The molecule has 0 bridgehead atoms. The van der Waals surface area contributed by atoms with Crippen molar-refractivity contribution in [3.05, 3.63) is 108 Å². The number of alkyl halides is 3. The van der Waals surface area contributed by atoms with Crippen molar-refractivity contribution in [2.24, 2.45) is 5.41 Å². The van der Waals surface area contributed by atoms with E-state index in [4.69, 9.17) is 0 Å². The number of hydrogen-bond donors (Lipinski definition) is 1. The van der Waals surface area contributed by atoms with Gasteiger partial charge in [-0.15, -0.1) is 0 Å². The molecule has 1 heterocycles. The molecule has 1 amide bonds. The SMILES string of the molecule is CC(Cc1ccccc1)(Cc1ccc(C(F)(F)F)cc1)C(=O)Nc1cccc2cccnc12. The smallest absolute Gasteiger partial charge is 0.324 e. The van der Waals surface area contributed by atoms with Crippen LogP contribution in [0.25, 0.3) is 10.9 Å². The third kappa shape index (κ3) is 5.22. The Bertz CT molecular complexity index is 1250. The van der Waals surface area contributed by atoms with E-state index in [2.05, 4.69) is 10.3 Å². The predicted octanol–water partition coefficient (Wildman–Crippen LogP) is 6.68. The number of hydrogen-bond acceptors (Lipinski definition) is 2. The Morgan fingerprint density at radius 3 is 2.12 bits per heavy atom. The average molecular weight is 448 g/mol. The number of halogens is 3. The molecule has 4 rings (SSSR count). The number of nitrogens with one attached hydrogen (secondary N) is 1. The van der Waals surface area contributed by atoms with Gasteiger partial charge in [0.25, 0.3) is 0 Å². The number of para-hydroxylation sites is 1. The molecule has 0 aliphatic rings. The summed E-state index contributed by atoms with van der Waals surface area (Å²) in [6, 6.07) is 23.9. The molecule has 6 heteroatoms. The maximum atomic E-state index is 13.6. The number of carbonyl (C=O) groups excluding carboxylic acids is 1. The van der Waals surface area contributed by atoms with Crippen molar-refractivity contribution in [3.63, 3.8) is 0 Å². The molecule has 3 nitrogen and oxygen atoms in total. The Morgan fingerprint density at radius 1 is 0.818 bits per heavy atom. The van der Waals surface area contributed by atoms with Gasteiger partial charge >= 0.3 is 6.18 Å². The lowest BCUT2D eigenvalue weighted by molar-refractivity contribution is -0.137. The number of anilines is 1. The van der Waals surface area contributed by atoms with Crippen molar-refractivity contribution in [2.75, 3.05) is 5.32 Å². The topological polar surface area (TPSA) is 42.0 Å². The van der Waals surface area contributed by atoms with Crippen LogP contribution in [0.5, 0.6) is 0 Å². The number of pyridine rings is 1. The maximum absolute atomic E-state index is 13.6. The summed E-state index contributed by atoms with van der Waals surface area (Å²) in [6.07, 6.45) is -2.02. The van der Waals surface area contributed by atoms with Crippen molar-refractivity contribution < 1.29 is 18.0 Å². The van der Waals surface area contributed by atoms with Gasteiger partial charge in [-0.2, -0.15) is 13.2 Å². The molecular formula is C27H23F3N2O. The van der Waals surface area contributed by atoms with Crippen LogP contribution in [0, 0.1) is 5.41 Å². The van der Waals surface area contributed by atoms with Gasteiger partial charge in [0.1, 0.15) is 0 Å². The van der Waals surface area contributed by atoms with Crippen molar-refractivity contribution in [1.82, 2.24) is 4.98 Å². The van der Waals surface area contributed by atoms with Crippen LogP contribution in [0.15, 0.2) is 91.1 Å². The van der Waals surface area contributed by atoms with E-state index < -0.39 is 17.2 Å². The highest BCUT2D eigenvalue weighted by atomic mass is 19.4. The zero-order valence-corrected chi connectivity index (χ0v) is 18.1. The minimum Gasteiger partial charge on any atom is -0.324 e. The zero-order chi connectivity index (χ0) is 23.5. The average Bonchev–Trinajstić information content (AvgIpc) is 2.79. The monoisotopic (exact) mass is 448 g/mol. The highest BCUT2D eigenvalue weighted by Crippen LogP contribution is 2.33. The molecule has 33 heavy (non-hydrogen) atoms. The van der Waals surface area contributed by atoms with Gasteiger partial charge in [-0.3, -0.25) is 9.78 Å². The number of nitrogens with zero attached hydrogens (tertiary/aromatic N) is 1. The molecule has 1 N–H and O–H groups in total. The van der Waals surface area contributed by atoms with Crippen molar-refractivity contribution in [3.8, 4) is 0 Å². The number of benzene rings is 3. The van der Waals surface area contributed by atoms with Gasteiger partial charge in [-0.05, 0) is 48.2 Å². The molecule has 0 fully saturated rings. The molecule has 168 valence electrons. The minimum atomic E-state index is -4.40. The van der Waals surface area contributed by atoms with Crippen LogP contribution in [0.1, 0.15) is 23.6 Å². The van der Waals surface area contributed by atoms with Gasteiger partial charge in [-0.25, -0.2) is 0 Å². The van der Waals surface area contributed by atoms with Gasteiger partial charge in [0.2, 0.25) is 5.91 Å². The molecule has 0 saturated carbocycles. The fourth-order valence-corrected chi connectivity index (χ4v) is 4.01. The first-order valence-corrected chi connectivity index (χ1v) is 10.6. The molecule has 1 unspecified atom stereocenters. The highest BCUT2D eigenvalue weighted by molar-refractivity contribution is 6.02. The van der Waals surface area contributed by atoms with E-state index in [1.165, 1.54) is 12.1 Å². The first-order chi connectivity index (χ1) is 15.7. The van der Waals surface area contributed by atoms with E-state index in [0.29, 0.717) is 23.2 Å². The van der Waals surface area contributed by atoms with Crippen molar-refractivity contribution >= 4 is 22.5 Å². The first-order valence-electron chi connectivity index (χ1n) is 10.6. The number of carbonyl (C=O) groups is 1. The lowest BCUT2D eigenvalue weighted by Gasteiger charge is -2.29. The highest BCUT2D eigenvalue weighted by Gasteiger charge is 2.35. The molecule has 3 aromatic carbocycles. The second-order valence-corrected chi connectivity index (χ2v) is 8.43. The summed E-state index contributed by atoms with van der Waals surface area (Å²) in [5.41, 5.74) is 1.31. The number of aromatic nitrogens is 1. The summed E-state index contributed by atoms with van der Waals surface area (Å²) in [4.78, 5) is 18.0. The first kappa shape index (κ1) is 22.5. The lowest BCUT2D eigenvalue weighted by Crippen LogP contribution is -2.37. The molecule has 0 radical (unpaired) electrons. The van der Waals surface area contributed by atoms with Gasteiger partial charge in [-0.1, -0.05) is 67.6 Å². The third-order valence-corrected chi connectivity index (χ3v) is 5.74. The summed E-state index contributed by atoms with van der Waals surface area (Å²) >= 11 is 0. The van der Waals surface area contributed by atoms with E-state index in [-0.39, 0.29) is 12.3 Å². The van der Waals surface area contributed by atoms with Crippen molar-refractivity contribution in [1.29, 1.82) is 0 Å². The number of rotatable bonds is 6. The van der Waals surface area contributed by atoms with Gasteiger partial charge < -0.3 is 5.32 Å². The molecule has 1 aromatic heterocycles. The van der Waals surface area contributed by atoms with Crippen LogP contribution >= 0.6 is 0 Å². The Kier molecular flexibility index (Phi) is 6.18. The molecular weight excluding hydrogens is 425 g/mol. The molecule has 0 aliphatic heterocycles. The van der Waals surface area contributed by atoms with Gasteiger partial charge in [0.15, 0.2) is 0 Å². The Morgan fingerprint density at radius 2 is 1.45 bits per heavy atom. The second-order valence-electron chi connectivity index (χ2n) is 8.43. The molecule has 4 aromatic rings. The summed E-state index contributed by atoms with van der Waals surface area (Å²) in [5.74, 6) is -0.218. The quantitative estimate of drug-likeness (QED) is 0.357. The van der Waals surface area contributed by atoms with E-state index in [9.17, 15) is 18.0 Å². The van der Waals surface area contributed by atoms with E-state index >= 15 is 0 Å². The summed E-state index contributed by atoms with van der Waals surface area (Å²) in [6.45, 7) is 1.84. The van der Waals surface area contributed by atoms with Crippen molar-refractivity contribution in [2.45, 2.75) is 25.9 Å². The second kappa shape index (κ2) is 9.06. The van der Waals surface area contributed by atoms with Crippen LogP contribution in [0.3, 0.4) is 0 Å². The Labute approximate surface area is 190 Å².